The van der Waals surface area contributed by atoms with Gasteiger partial charge in [-0.05, 0) is 22.0 Å². The maximum atomic E-state index is 10.6. The van der Waals surface area contributed by atoms with E-state index in [1.807, 2.05) is 18.2 Å². The molecule has 1 N–H and O–H groups in total. The van der Waals surface area contributed by atoms with Crippen molar-refractivity contribution in [2.45, 2.75) is 18.4 Å². The lowest BCUT2D eigenvalue weighted by molar-refractivity contribution is -0.0684. The van der Waals surface area contributed by atoms with Crippen molar-refractivity contribution in [1.29, 1.82) is 0 Å². The molecule has 1 aromatic carbocycles. The lowest BCUT2D eigenvalue weighted by Crippen LogP contribution is -2.33. The second-order valence-corrected chi connectivity index (χ2v) is 4.76. The second-order valence-electron chi connectivity index (χ2n) is 3.97. The first kappa shape index (κ1) is 11.9. The van der Waals surface area contributed by atoms with Crippen molar-refractivity contribution in [2.24, 2.45) is 0 Å². The maximum absolute atomic E-state index is 10.6. The predicted molar refractivity (Wildman–Crippen MR) is 64.6 cm³/mol. The van der Waals surface area contributed by atoms with Gasteiger partial charge in [0.15, 0.2) is 0 Å². The van der Waals surface area contributed by atoms with E-state index in [4.69, 9.17) is 9.47 Å². The number of aliphatic hydroxyl groups is 1. The molecular weight excluding hydrogens is 272 g/mol. The van der Waals surface area contributed by atoms with E-state index in [0.717, 1.165) is 15.8 Å². The number of hydrogen-bond donors (Lipinski definition) is 1. The van der Waals surface area contributed by atoms with E-state index in [1.54, 1.807) is 7.11 Å². The van der Waals surface area contributed by atoms with Crippen LogP contribution in [0.5, 0.6) is 5.75 Å². The molecule has 2 rings (SSSR count). The third-order valence-electron chi connectivity index (χ3n) is 3.00. The summed E-state index contributed by atoms with van der Waals surface area (Å²) in [5.41, 5.74) is 0.0844. The van der Waals surface area contributed by atoms with E-state index < -0.39 is 5.60 Å². The molecule has 1 aromatic rings. The van der Waals surface area contributed by atoms with Crippen LogP contribution < -0.4 is 4.74 Å². The monoisotopic (exact) mass is 286 g/mol. The van der Waals surface area contributed by atoms with Gasteiger partial charge in [0.1, 0.15) is 5.75 Å². The molecule has 0 radical (unpaired) electrons. The number of hydrogen-bond acceptors (Lipinski definition) is 3. The first-order valence-electron chi connectivity index (χ1n) is 5.30. The fraction of sp³-hybridized carbons (Fsp3) is 0.500. The zero-order chi connectivity index (χ0) is 11.6. The van der Waals surface area contributed by atoms with Gasteiger partial charge in [0.2, 0.25) is 0 Å². The highest BCUT2D eigenvalue weighted by atomic mass is 79.9. The van der Waals surface area contributed by atoms with E-state index in [-0.39, 0.29) is 0 Å². The van der Waals surface area contributed by atoms with Crippen molar-refractivity contribution >= 4 is 15.9 Å². The second kappa shape index (κ2) is 4.73. The Balaban J connectivity index is 2.38. The molecule has 0 saturated carbocycles. The Morgan fingerprint density at radius 3 is 2.69 bits per heavy atom. The zero-order valence-electron chi connectivity index (χ0n) is 9.20. The Labute approximate surface area is 104 Å². The highest BCUT2D eigenvalue weighted by Crippen LogP contribution is 2.40. The zero-order valence-corrected chi connectivity index (χ0v) is 10.8. The van der Waals surface area contributed by atoms with Crippen LogP contribution in [0.4, 0.5) is 0 Å². The Hall–Kier alpha value is -0.580. The van der Waals surface area contributed by atoms with Gasteiger partial charge in [-0.2, -0.15) is 0 Å². The topological polar surface area (TPSA) is 38.7 Å². The summed E-state index contributed by atoms with van der Waals surface area (Å²) in [6.45, 7) is 1.19. The van der Waals surface area contributed by atoms with Gasteiger partial charge >= 0.3 is 0 Å². The lowest BCUT2D eigenvalue weighted by Gasteiger charge is -2.33. The fourth-order valence-electron chi connectivity index (χ4n) is 2.01. The van der Waals surface area contributed by atoms with Gasteiger partial charge < -0.3 is 14.6 Å². The van der Waals surface area contributed by atoms with Crippen LogP contribution in [0.15, 0.2) is 22.7 Å². The molecule has 88 valence electrons. The molecule has 0 unspecified atom stereocenters. The summed E-state index contributed by atoms with van der Waals surface area (Å²) in [5.74, 6) is 0.748. The molecule has 0 amide bonds. The molecule has 1 saturated heterocycles. The van der Waals surface area contributed by atoms with E-state index in [0.29, 0.717) is 26.1 Å². The summed E-state index contributed by atoms with van der Waals surface area (Å²) in [6.07, 6.45) is 1.25. The van der Waals surface area contributed by atoms with Gasteiger partial charge in [-0.15, -0.1) is 0 Å². The van der Waals surface area contributed by atoms with Crippen LogP contribution in [0.1, 0.15) is 18.4 Å². The Kier molecular flexibility index (Phi) is 3.52. The number of rotatable bonds is 2. The lowest BCUT2D eigenvalue weighted by atomic mass is 9.86. The van der Waals surface area contributed by atoms with Crippen molar-refractivity contribution < 1.29 is 14.6 Å². The molecule has 1 aliphatic rings. The molecule has 1 aliphatic heterocycles. The van der Waals surface area contributed by atoms with Crippen molar-refractivity contribution in [2.75, 3.05) is 20.3 Å². The molecule has 0 aromatic heterocycles. The molecule has 0 aliphatic carbocycles. The maximum Gasteiger partial charge on any atom is 0.133 e. The van der Waals surface area contributed by atoms with Crippen molar-refractivity contribution in [3.8, 4) is 5.75 Å². The van der Waals surface area contributed by atoms with Crippen LogP contribution in [0.2, 0.25) is 0 Å². The Morgan fingerprint density at radius 2 is 2.06 bits per heavy atom. The summed E-state index contributed by atoms with van der Waals surface area (Å²) in [5, 5.41) is 10.6. The van der Waals surface area contributed by atoms with E-state index in [1.165, 1.54) is 0 Å². The van der Waals surface area contributed by atoms with E-state index >= 15 is 0 Å². The summed E-state index contributed by atoms with van der Waals surface area (Å²) in [6, 6.07) is 5.69. The molecule has 1 fully saturated rings. The molecule has 3 nitrogen and oxygen atoms in total. The van der Waals surface area contributed by atoms with Gasteiger partial charge in [0.05, 0.1) is 17.2 Å². The van der Waals surface area contributed by atoms with Gasteiger partial charge in [0, 0.05) is 31.6 Å². The van der Waals surface area contributed by atoms with Crippen molar-refractivity contribution in [3.05, 3.63) is 28.2 Å². The SMILES string of the molecule is COc1cccc(C2(O)CCOCC2)c1Br. The standard InChI is InChI=1S/C12H15BrO3/c1-15-10-4-2-3-9(11(10)13)12(14)5-7-16-8-6-12/h2-4,14H,5-8H2,1H3. The average molecular weight is 287 g/mol. The molecule has 0 spiro atoms. The minimum atomic E-state index is -0.800. The summed E-state index contributed by atoms with van der Waals surface area (Å²) in [4.78, 5) is 0. The quantitative estimate of drug-likeness (QED) is 0.908. The van der Waals surface area contributed by atoms with Crippen LogP contribution >= 0.6 is 15.9 Å². The molecular formula is C12H15BrO3. The van der Waals surface area contributed by atoms with Gasteiger partial charge in [-0.1, -0.05) is 12.1 Å². The third kappa shape index (κ3) is 2.10. The Morgan fingerprint density at radius 1 is 1.38 bits per heavy atom. The summed E-state index contributed by atoms with van der Waals surface area (Å²) >= 11 is 3.49. The largest absolute Gasteiger partial charge is 0.496 e. The smallest absolute Gasteiger partial charge is 0.133 e. The molecule has 4 heteroatoms. The minimum absolute atomic E-state index is 0.597. The predicted octanol–water partition coefficient (Wildman–Crippen LogP) is 2.46. The van der Waals surface area contributed by atoms with Crippen LogP contribution in [0.3, 0.4) is 0 Å². The molecule has 1 heterocycles. The molecule has 0 atom stereocenters. The van der Waals surface area contributed by atoms with Crippen LogP contribution in [-0.2, 0) is 10.3 Å². The van der Waals surface area contributed by atoms with Crippen LogP contribution in [0.25, 0.3) is 0 Å². The van der Waals surface area contributed by atoms with Gasteiger partial charge in [0.25, 0.3) is 0 Å². The minimum Gasteiger partial charge on any atom is -0.496 e. The van der Waals surface area contributed by atoms with Crippen LogP contribution in [0, 0.1) is 0 Å². The highest BCUT2D eigenvalue weighted by Gasteiger charge is 2.34. The first-order valence-corrected chi connectivity index (χ1v) is 6.10. The summed E-state index contributed by atoms with van der Waals surface area (Å²) in [7, 11) is 1.62. The first-order chi connectivity index (χ1) is 7.67. The number of halogens is 1. The average Bonchev–Trinajstić information content (AvgIpc) is 2.30. The number of ether oxygens (including phenoxy) is 2. The Bertz CT molecular complexity index is 373. The number of benzene rings is 1. The van der Waals surface area contributed by atoms with Gasteiger partial charge in [-0.3, -0.25) is 0 Å². The molecule has 16 heavy (non-hydrogen) atoms. The summed E-state index contributed by atoms with van der Waals surface area (Å²) < 4.78 is 11.3. The van der Waals surface area contributed by atoms with Crippen molar-refractivity contribution in [1.82, 2.24) is 0 Å². The van der Waals surface area contributed by atoms with Gasteiger partial charge in [-0.25, -0.2) is 0 Å². The third-order valence-corrected chi connectivity index (χ3v) is 3.82. The molecule has 0 bridgehead atoms. The number of methoxy groups -OCH3 is 1. The van der Waals surface area contributed by atoms with Crippen molar-refractivity contribution in [3.63, 3.8) is 0 Å². The van der Waals surface area contributed by atoms with E-state index in [2.05, 4.69) is 15.9 Å². The van der Waals surface area contributed by atoms with E-state index in [9.17, 15) is 5.11 Å². The fourth-order valence-corrected chi connectivity index (χ4v) is 2.80. The van der Waals surface area contributed by atoms with Crippen LogP contribution in [-0.4, -0.2) is 25.4 Å². The normalized spacial score (nSPS) is 19.4. The highest BCUT2D eigenvalue weighted by molar-refractivity contribution is 9.10.